The molecule has 0 aromatic heterocycles. The Morgan fingerprint density at radius 1 is 1.53 bits per heavy atom. The maximum atomic E-state index is 12.5. The van der Waals surface area contributed by atoms with Crippen LogP contribution in [0.4, 0.5) is 11.4 Å². The van der Waals surface area contributed by atoms with Crippen molar-refractivity contribution in [3.05, 3.63) is 33.9 Å². The van der Waals surface area contributed by atoms with Gasteiger partial charge >= 0.3 is 0 Å². The molecule has 1 saturated heterocycles. The Hall–Kier alpha value is -2.11. The van der Waals surface area contributed by atoms with Crippen LogP contribution in [0.3, 0.4) is 0 Å². The van der Waals surface area contributed by atoms with Crippen LogP contribution in [0.2, 0.25) is 0 Å². The smallest absolute Gasteiger partial charge is 0.293 e. The standard InChI is InChI=1S/C13H17N3O3/c1-9-5-4-8-15(9)13(17)10-6-3-7-11(16(18)19)12(10)14-2/h3,6-7,9,14H,4-5,8H2,1-2H3. The fourth-order valence-electron chi connectivity index (χ4n) is 2.52. The van der Waals surface area contributed by atoms with Gasteiger partial charge in [-0.3, -0.25) is 14.9 Å². The van der Waals surface area contributed by atoms with Gasteiger partial charge in [0.15, 0.2) is 0 Å². The minimum Gasteiger partial charge on any atom is -0.382 e. The van der Waals surface area contributed by atoms with Crippen molar-refractivity contribution in [3.63, 3.8) is 0 Å². The molecule has 1 aromatic rings. The molecule has 0 radical (unpaired) electrons. The van der Waals surface area contributed by atoms with Crippen LogP contribution < -0.4 is 5.32 Å². The molecule has 1 amide bonds. The van der Waals surface area contributed by atoms with Gasteiger partial charge < -0.3 is 10.2 Å². The van der Waals surface area contributed by atoms with E-state index in [1.165, 1.54) is 6.07 Å². The number of nitro benzene ring substituents is 1. The number of hydrogen-bond donors (Lipinski definition) is 1. The van der Waals surface area contributed by atoms with E-state index in [9.17, 15) is 14.9 Å². The number of para-hydroxylation sites is 1. The fraction of sp³-hybridized carbons (Fsp3) is 0.462. The largest absolute Gasteiger partial charge is 0.382 e. The monoisotopic (exact) mass is 263 g/mol. The van der Waals surface area contributed by atoms with Crippen LogP contribution in [-0.2, 0) is 0 Å². The van der Waals surface area contributed by atoms with Gasteiger partial charge in [0, 0.05) is 25.7 Å². The molecule has 2 rings (SSSR count). The van der Waals surface area contributed by atoms with E-state index in [2.05, 4.69) is 5.32 Å². The number of amides is 1. The van der Waals surface area contributed by atoms with Gasteiger partial charge in [-0.1, -0.05) is 6.07 Å². The molecule has 1 unspecified atom stereocenters. The first-order chi connectivity index (χ1) is 9.06. The average molecular weight is 263 g/mol. The molecular weight excluding hydrogens is 246 g/mol. The molecule has 0 spiro atoms. The lowest BCUT2D eigenvalue weighted by Gasteiger charge is -2.22. The molecule has 6 heteroatoms. The van der Waals surface area contributed by atoms with Gasteiger partial charge in [-0.25, -0.2) is 0 Å². The third-order valence-electron chi connectivity index (χ3n) is 3.53. The highest BCUT2D eigenvalue weighted by Gasteiger charge is 2.29. The number of benzene rings is 1. The molecule has 1 aliphatic rings. The second-order valence-corrected chi connectivity index (χ2v) is 4.70. The molecule has 102 valence electrons. The van der Waals surface area contributed by atoms with E-state index in [0.717, 1.165) is 12.8 Å². The molecule has 1 fully saturated rings. The molecule has 0 aliphatic carbocycles. The number of hydrogen-bond acceptors (Lipinski definition) is 4. The van der Waals surface area contributed by atoms with Gasteiger partial charge in [-0.15, -0.1) is 0 Å². The predicted octanol–water partition coefficient (Wildman–Crippen LogP) is 2.26. The molecule has 1 atom stereocenters. The van der Waals surface area contributed by atoms with Crippen molar-refractivity contribution in [1.29, 1.82) is 0 Å². The van der Waals surface area contributed by atoms with E-state index in [0.29, 0.717) is 12.1 Å². The summed E-state index contributed by atoms with van der Waals surface area (Å²) < 4.78 is 0. The summed E-state index contributed by atoms with van der Waals surface area (Å²) in [4.78, 5) is 24.8. The highest BCUT2D eigenvalue weighted by atomic mass is 16.6. The lowest BCUT2D eigenvalue weighted by atomic mass is 10.1. The Kier molecular flexibility index (Phi) is 3.69. The summed E-state index contributed by atoms with van der Waals surface area (Å²) in [5, 5.41) is 13.8. The van der Waals surface area contributed by atoms with Gasteiger partial charge in [-0.2, -0.15) is 0 Å². The highest BCUT2D eigenvalue weighted by molar-refractivity contribution is 6.01. The molecule has 1 aliphatic heterocycles. The van der Waals surface area contributed by atoms with Crippen molar-refractivity contribution >= 4 is 17.3 Å². The Morgan fingerprint density at radius 3 is 2.79 bits per heavy atom. The van der Waals surface area contributed by atoms with Gasteiger partial charge in [0.1, 0.15) is 5.69 Å². The van der Waals surface area contributed by atoms with Crippen LogP contribution in [0.25, 0.3) is 0 Å². The number of rotatable bonds is 3. The van der Waals surface area contributed by atoms with Gasteiger partial charge in [0.25, 0.3) is 11.6 Å². The highest BCUT2D eigenvalue weighted by Crippen LogP contribution is 2.30. The van der Waals surface area contributed by atoms with Crippen LogP contribution in [0.1, 0.15) is 30.1 Å². The maximum Gasteiger partial charge on any atom is 0.293 e. The molecule has 1 heterocycles. The summed E-state index contributed by atoms with van der Waals surface area (Å²) in [6.07, 6.45) is 1.96. The maximum absolute atomic E-state index is 12.5. The number of nitrogens with one attached hydrogen (secondary N) is 1. The van der Waals surface area contributed by atoms with E-state index in [-0.39, 0.29) is 23.3 Å². The molecule has 0 saturated carbocycles. The molecular formula is C13H17N3O3. The summed E-state index contributed by atoms with van der Waals surface area (Å²) in [5.74, 6) is -0.141. The van der Waals surface area contributed by atoms with Crippen LogP contribution >= 0.6 is 0 Å². The third kappa shape index (κ3) is 2.38. The third-order valence-corrected chi connectivity index (χ3v) is 3.53. The molecule has 0 bridgehead atoms. The summed E-state index contributed by atoms with van der Waals surface area (Å²) >= 11 is 0. The lowest BCUT2D eigenvalue weighted by molar-refractivity contribution is -0.384. The summed E-state index contributed by atoms with van der Waals surface area (Å²) in [7, 11) is 1.59. The van der Waals surface area contributed by atoms with E-state index in [4.69, 9.17) is 0 Å². The first-order valence-electron chi connectivity index (χ1n) is 6.32. The van der Waals surface area contributed by atoms with Crippen molar-refractivity contribution < 1.29 is 9.72 Å². The summed E-state index contributed by atoms with van der Waals surface area (Å²) in [6, 6.07) is 4.77. The van der Waals surface area contributed by atoms with Crippen LogP contribution in [0.5, 0.6) is 0 Å². The van der Waals surface area contributed by atoms with E-state index < -0.39 is 4.92 Å². The zero-order valence-corrected chi connectivity index (χ0v) is 11.0. The van der Waals surface area contributed by atoms with Crippen LogP contribution in [-0.4, -0.2) is 35.4 Å². The molecule has 1 N–H and O–H groups in total. The number of anilines is 1. The quantitative estimate of drug-likeness (QED) is 0.670. The number of carbonyl (C=O) groups excluding carboxylic acids is 1. The van der Waals surface area contributed by atoms with E-state index in [1.54, 1.807) is 24.1 Å². The second-order valence-electron chi connectivity index (χ2n) is 4.70. The average Bonchev–Trinajstić information content (AvgIpc) is 2.83. The number of nitro groups is 1. The normalized spacial score (nSPS) is 18.4. The molecule has 19 heavy (non-hydrogen) atoms. The zero-order valence-electron chi connectivity index (χ0n) is 11.0. The van der Waals surface area contributed by atoms with Gasteiger partial charge in [0.05, 0.1) is 10.5 Å². The minimum atomic E-state index is -0.476. The van der Waals surface area contributed by atoms with Crippen molar-refractivity contribution in [2.24, 2.45) is 0 Å². The number of carbonyl (C=O) groups is 1. The van der Waals surface area contributed by atoms with E-state index in [1.807, 2.05) is 6.92 Å². The number of nitrogens with zero attached hydrogens (tertiary/aromatic N) is 2. The number of likely N-dealkylation sites (tertiary alicyclic amines) is 1. The zero-order chi connectivity index (χ0) is 14.0. The summed E-state index contributed by atoms with van der Waals surface area (Å²) in [5.41, 5.74) is 0.585. The Labute approximate surface area is 111 Å². The van der Waals surface area contributed by atoms with Crippen LogP contribution in [0, 0.1) is 10.1 Å². The SMILES string of the molecule is CNc1c(C(=O)N2CCCC2C)cccc1[N+](=O)[O-]. The van der Waals surface area contributed by atoms with Crippen molar-refractivity contribution in [2.45, 2.75) is 25.8 Å². The van der Waals surface area contributed by atoms with Gasteiger partial charge in [-0.05, 0) is 25.8 Å². The summed E-state index contributed by atoms with van der Waals surface area (Å²) in [6.45, 7) is 2.72. The minimum absolute atomic E-state index is 0.0693. The van der Waals surface area contributed by atoms with E-state index >= 15 is 0 Å². The fourth-order valence-corrected chi connectivity index (χ4v) is 2.52. The Bertz CT molecular complexity index is 516. The first-order valence-corrected chi connectivity index (χ1v) is 6.32. The lowest BCUT2D eigenvalue weighted by Crippen LogP contribution is -2.34. The topological polar surface area (TPSA) is 75.5 Å². The second kappa shape index (κ2) is 5.26. The molecule has 6 nitrogen and oxygen atoms in total. The van der Waals surface area contributed by atoms with Gasteiger partial charge in [0.2, 0.25) is 0 Å². The Morgan fingerprint density at radius 2 is 2.26 bits per heavy atom. The van der Waals surface area contributed by atoms with Crippen molar-refractivity contribution in [3.8, 4) is 0 Å². The Balaban J connectivity index is 2.41. The predicted molar refractivity (Wildman–Crippen MR) is 72.4 cm³/mol. The van der Waals surface area contributed by atoms with Crippen LogP contribution in [0.15, 0.2) is 18.2 Å². The van der Waals surface area contributed by atoms with Crippen molar-refractivity contribution in [1.82, 2.24) is 4.90 Å². The van der Waals surface area contributed by atoms with Crippen molar-refractivity contribution in [2.75, 3.05) is 18.9 Å². The first kappa shape index (κ1) is 13.3. The molecule has 1 aromatic carbocycles.